The van der Waals surface area contributed by atoms with Gasteiger partial charge in [-0.15, -0.1) is 0 Å². The fraction of sp³-hybridized carbons (Fsp3) is 0.520. The van der Waals surface area contributed by atoms with Gasteiger partial charge in [-0.25, -0.2) is 9.18 Å². The summed E-state index contributed by atoms with van der Waals surface area (Å²) in [6, 6.07) is 5.65. The molecule has 35 heavy (non-hydrogen) atoms. The highest BCUT2D eigenvalue weighted by molar-refractivity contribution is 6.01. The Morgan fingerprint density at radius 3 is 2.34 bits per heavy atom. The highest BCUT2D eigenvalue weighted by Crippen LogP contribution is 2.27. The quantitative estimate of drug-likeness (QED) is 0.410. The lowest BCUT2D eigenvalue weighted by Crippen LogP contribution is -2.45. The first kappa shape index (κ1) is 26.3. The first-order valence-electron chi connectivity index (χ1n) is 12.2. The molecule has 2 aliphatic rings. The van der Waals surface area contributed by atoms with Crippen LogP contribution in [-0.4, -0.2) is 52.4 Å². The summed E-state index contributed by atoms with van der Waals surface area (Å²) < 4.78 is 15.4. The molecule has 0 radical (unpaired) electrons. The van der Waals surface area contributed by atoms with Gasteiger partial charge in [0.25, 0.3) is 5.56 Å². The molecule has 2 fully saturated rings. The van der Waals surface area contributed by atoms with Gasteiger partial charge in [-0.1, -0.05) is 18.6 Å². The number of Topliss-reactive ketones (excluding diaryl/α,β-unsaturated/α-hetero) is 1. The molecule has 190 valence electrons. The summed E-state index contributed by atoms with van der Waals surface area (Å²) in [7, 11) is 0. The smallest absolute Gasteiger partial charge is 0.332 e. The van der Waals surface area contributed by atoms with E-state index in [-0.39, 0.29) is 42.6 Å². The summed E-state index contributed by atoms with van der Waals surface area (Å²) >= 11 is 0. The molecule has 1 aromatic carbocycles. The Morgan fingerprint density at radius 1 is 1.11 bits per heavy atom. The summed E-state index contributed by atoms with van der Waals surface area (Å²) in [4.78, 5) is 50.0. The summed E-state index contributed by atoms with van der Waals surface area (Å²) in [5.74, 6) is -0.0873. The van der Waals surface area contributed by atoms with Crippen LogP contribution in [0.4, 0.5) is 10.2 Å². The van der Waals surface area contributed by atoms with Crippen LogP contribution in [0.3, 0.4) is 0 Å². The van der Waals surface area contributed by atoms with Crippen molar-refractivity contribution in [3.8, 4) is 0 Å². The van der Waals surface area contributed by atoms with Crippen LogP contribution < -0.4 is 22.3 Å². The van der Waals surface area contributed by atoms with E-state index in [1.807, 2.05) is 4.90 Å². The number of amides is 1. The Balaban J connectivity index is 0.000000420. The number of nitrogens with two attached hydrogens (primary N) is 1. The summed E-state index contributed by atoms with van der Waals surface area (Å²) in [6.07, 6.45) is 6.55. The van der Waals surface area contributed by atoms with Crippen LogP contribution >= 0.6 is 0 Å². The SMILES string of the molecule is CCn1c(=O)c(C(=O)CN2CCCCC2)c(N)n(Cc2ccc(F)cc2)c1=O.O=CNCC1CC1. The van der Waals surface area contributed by atoms with Crippen LogP contribution in [0.25, 0.3) is 0 Å². The van der Waals surface area contributed by atoms with E-state index >= 15 is 0 Å². The van der Waals surface area contributed by atoms with Crippen LogP contribution in [0.5, 0.6) is 0 Å². The molecule has 0 spiro atoms. The molecule has 0 unspecified atom stereocenters. The third-order valence-electron chi connectivity index (χ3n) is 6.32. The van der Waals surface area contributed by atoms with Gasteiger partial charge in [0.1, 0.15) is 17.2 Å². The zero-order valence-electron chi connectivity index (χ0n) is 20.2. The molecule has 4 rings (SSSR count). The third kappa shape index (κ3) is 7.11. The number of carbonyl (C=O) groups excluding carboxylic acids is 2. The van der Waals surface area contributed by atoms with Gasteiger partial charge in [0.2, 0.25) is 6.41 Å². The Morgan fingerprint density at radius 2 is 1.77 bits per heavy atom. The molecular weight excluding hydrogens is 453 g/mol. The monoisotopic (exact) mass is 487 g/mol. The first-order chi connectivity index (χ1) is 16.8. The number of nitrogens with one attached hydrogen (secondary N) is 1. The molecule has 1 aromatic heterocycles. The third-order valence-corrected chi connectivity index (χ3v) is 6.32. The van der Waals surface area contributed by atoms with Crippen LogP contribution in [0.1, 0.15) is 54.9 Å². The van der Waals surface area contributed by atoms with E-state index < -0.39 is 11.2 Å². The lowest BCUT2D eigenvalue weighted by atomic mass is 10.1. The minimum absolute atomic E-state index is 0.0508. The van der Waals surface area contributed by atoms with Crippen molar-refractivity contribution < 1.29 is 14.0 Å². The van der Waals surface area contributed by atoms with E-state index in [0.717, 1.165) is 55.8 Å². The van der Waals surface area contributed by atoms with E-state index in [1.54, 1.807) is 6.92 Å². The van der Waals surface area contributed by atoms with Crippen molar-refractivity contribution >= 4 is 18.0 Å². The zero-order valence-corrected chi connectivity index (χ0v) is 20.2. The number of piperidine rings is 1. The molecule has 3 N–H and O–H groups in total. The van der Waals surface area contributed by atoms with Gasteiger partial charge in [0.05, 0.1) is 13.1 Å². The number of hydrogen-bond donors (Lipinski definition) is 2. The number of anilines is 1. The largest absolute Gasteiger partial charge is 0.384 e. The molecule has 9 nitrogen and oxygen atoms in total. The predicted octanol–water partition coefficient (Wildman–Crippen LogP) is 1.61. The Kier molecular flexibility index (Phi) is 9.36. The number of hydrogen-bond acceptors (Lipinski definition) is 6. The molecule has 10 heteroatoms. The second kappa shape index (κ2) is 12.4. The molecule has 1 saturated carbocycles. The average molecular weight is 488 g/mol. The molecule has 2 heterocycles. The van der Waals surface area contributed by atoms with Gasteiger partial charge >= 0.3 is 5.69 Å². The van der Waals surface area contributed by atoms with E-state index in [4.69, 9.17) is 5.73 Å². The summed E-state index contributed by atoms with van der Waals surface area (Å²) in [5, 5.41) is 2.63. The van der Waals surface area contributed by atoms with Crippen molar-refractivity contribution in [1.29, 1.82) is 0 Å². The number of rotatable bonds is 9. The number of likely N-dealkylation sites (tertiary alicyclic amines) is 1. The van der Waals surface area contributed by atoms with Crippen molar-refractivity contribution in [2.45, 2.75) is 52.1 Å². The minimum Gasteiger partial charge on any atom is -0.384 e. The molecule has 1 amide bonds. The summed E-state index contributed by atoms with van der Waals surface area (Å²) in [6.45, 7) is 4.47. The van der Waals surface area contributed by atoms with E-state index in [1.165, 1.54) is 41.7 Å². The number of nitrogen functional groups attached to an aromatic ring is 1. The number of benzene rings is 1. The maximum atomic E-state index is 13.2. The molecule has 2 aromatic rings. The lowest BCUT2D eigenvalue weighted by molar-refractivity contribution is -0.109. The van der Waals surface area contributed by atoms with Crippen molar-refractivity contribution in [1.82, 2.24) is 19.4 Å². The highest BCUT2D eigenvalue weighted by Gasteiger charge is 2.24. The van der Waals surface area contributed by atoms with Crippen molar-refractivity contribution in [2.75, 3.05) is 31.9 Å². The second-order valence-electron chi connectivity index (χ2n) is 9.03. The van der Waals surface area contributed by atoms with Gasteiger partial charge < -0.3 is 11.1 Å². The number of aromatic nitrogens is 2. The number of carbonyl (C=O) groups is 2. The Hall–Kier alpha value is -3.27. The van der Waals surface area contributed by atoms with Crippen molar-refractivity contribution in [2.24, 2.45) is 5.92 Å². The van der Waals surface area contributed by atoms with Crippen LogP contribution in [0.2, 0.25) is 0 Å². The van der Waals surface area contributed by atoms with E-state index in [0.29, 0.717) is 5.56 Å². The molecule has 0 atom stereocenters. The van der Waals surface area contributed by atoms with Gasteiger partial charge in [0.15, 0.2) is 5.78 Å². The minimum atomic E-state index is -0.651. The van der Waals surface area contributed by atoms with Crippen LogP contribution in [0, 0.1) is 11.7 Å². The molecule has 1 saturated heterocycles. The second-order valence-corrected chi connectivity index (χ2v) is 9.03. The molecule has 0 bridgehead atoms. The number of halogens is 1. The van der Waals surface area contributed by atoms with E-state index in [2.05, 4.69) is 5.32 Å². The average Bonchev–Trinajstić information content (AvgIpc) is 3.68. The van der Waals surface area contributed by atoms with Gasteiger partial charge in [-0.05, 0) is 69.3 Å². The maximum Gasteiger partial charge on any atom is 0.332 e. The number of nitrogens with zero attached hydrogens (tertiary/aromatic N) is 3. The Bertz CT molecular complexity index is 1130. The fourth-order valence-corrected chi connectivity index (χ4v) is 4.12. The highest BCUT2D eigenvalue weighted by atomic mass is 19.1. The fourth-order valence-electron chi connectivity index (χ4n) is 4.12. The topological polar surface area (TPSA) is 119 Å². The summed E-state index contributed by atoms with van der Waals surface area (Å²) in [5.41, 5.74) is 5.40. The van der Waals surface area contributed by atoms with Crippen molar-refractivity contribution in [3.63, 3.8) is 0 Å². The molecular formula is C25H34FN5O4. The maximum absolute atomic E-state index is 13.2. The molecule has 1 aliphatic heterocycles. The number of ketones is 1. The van der Waals surface area contributed by atoms with Crippen molar-refractivity contribution in [3.05, 3.63) is 62.0 Å². The predicted molar refractivity (Wildman–Crippen MR) is 132 cm³/mol. The Labute approximate surface area is 203 Å². The van der Waals surface area contributed by atoms with E-state index in [9.17, 15) is 23.6 Å². The van der Waals surface area contributed by atoms with Gasteiger partial charge in [-0.2, -0.15) is 0 Å². The zero-order chi connectivity index (χ0) is 25.4. The van der Waals surface area contributed by atoms with Crippen LogP contribution in [0.15, 0.2) is 33.9 Å². The standard InChI is InChI=1S/C20H25FN4O3.C5H9NO/c1-2-24-19(27)17(16(26)13-23-10-4-3-5-11-23)18(22)25(20(24)28)12-14-6-8-15(21)9-7-14;7-4-6-3-5-1-2-5/h6-9H,2-5,10-13,22H2,1H3;4-5H,1-3H2,(H,6,7). The lowest BCUT2D eigenvalue weighted by Gasteiger charge is -2.26. The van der Waals surface area contributed by atoms with Gasteiger partial charge in [-0.3, -0.25) is 28.4 Å². The normalized spacial score (nSPS) is 15.7. The van der Waals surface area contributed by atoms with Gasteiger partial charge in [0, 0.05) is 13.1 Å². The van der Waals surface area contributed by atoms with Crippen LogP contribution in [-0.2, 0) is 17.9 Å². The first-order valence-corrected chi connectivity index (χ1v) is 12.2. The molecule has 1 aliphatic carbocycles.